The molecule has 0 saturated carbocycles. The highest BCUT2D eigenvalue weighted by Gasteiger charge is 2.35. The van der Waals surface area contributed by atoms with Crippen LogP contribution in [0.15, 0.2) is 18.3 Å². The molecule has 0 unspecified atom stereocenters. The van der Waals surface area contributed by atoms with Crippen molar-refractivity contribution in [2.45, 2.75) is 45.7 Å². The normalized spacial score (nSPS) is 19.6. The van der Waals surface area contributed by atoms with Gasteiger partial charge in [-0.15, -0.1) is 0 Å². The summed E-state index contributed by atoms with van der Waals surface area (Å²) in [6.07, 6.45) is 3.81. The summed E-state index contributed by atoms with van der Waals surface area (Å²) in [6, 6.07) is 3.66. The Morgan fingerprint density at radius 3 is 2.78 bits per heavy atom. The average molecular weight is 320 g/mol. The quantitative estimate of drug-likeness (QED) is 0.864. The van der Waals surface area contributed by atoms with E-state index < -0.39 is 0 Å². The molecule has 0 aromatic carbocycles. The molecule has 1 saturated heterocycles. The first-order valence-corrected chi connectivity index (χ1v) is 8.35. The second-order valence-electron chi connectivity index (χ2n) is 6.67. The second-order valence-corrected chi connectivity index (χ2v) is 6.67. The Hall–Kier alpha value is -1.98. The molecule has 2 rings (SSSR count). The third-order valence-corrected chi connectivity index (χ3v) is 4.40. The number of hydrogen-bond acceptors (Lipinski definition) is 2. The predicted molar refractivity (Wildman–Crippen MR) is 90.1 cm³/mol. The summed E-state index contributed by atoms with van der Waals surface area (Å²) in [5.41, 5.74) is 1.25. The van der Waals surface area contributed by atoms with E-state index in [2.05, 4.69) is 21.3 Å². The highest BCUT2D eigenvalue weighted by Crippen LogP contribution is 2.15. The molecule has 2 heterocycles. The number of urea groups is 1. The van der Waals surface area contributed by atoms with Gasteiger partial charge < -0.3 is 20.1 Å². The Morgan fingerprint density at radius 1 is 1.43 bits per heavy atom. The molecule has 2 N–H and O–H groups in total. The fraction of sp³-hybridized carbons (Fsp3) is 0.647. The zero-order chi connectivity index (χ0) is 17.0. The monoisotopic (exact) mass is 320 g/mol. The van der Waals surface area contributed by atoms with Crippen LogP contribution in [-0.2, 0) is 18.3 Å². The Balaban J connectivity index is 1.89. The molecule has 128 valence electrons. The molecule has 1 aromatic heterocycles. The molecule has 0 aliphatic carbocycles. The van der Waals surface area contributed by atoms with E-state index in [1.807, 2.05) is 40.1 Å². The van der Waals surface area contributed by atoms with Crippen LogP contribution in [0.5, 0.6) is 0 Å². The van der Waals surface area contributed by atoms with E-state index in [4.69, 9.17) is 0 Å². The third kappa shape index (κ3) is 4.27. The van der Waals surface area contributed by atoms with Crippen LogP contribution in [0, 0.1) is 5.92 Å². The van der Waals surface area contributed by atoms with Crippen molar-refractivity contribution in [1.82, 2.24) is 20.1 Å². The first-order valence-electron chi connectivity index (χ1n) is 8.35. The number of hydrogen-bond donors (Lipinski definition) is 2. The number of rotatable bonds is 5. The van der Waals surface area contributed by atoms with Crippen LogP contribution in [0.4, 0.5) is 4.79 Å². The van der Waals surface area contributed by atoms with Crippen molar-refractivity contribution < 1.29 is 9.59 Å². The Kier molecular flexibility index (Phi) is 5.69. The summed E-state index contributed by atoms with van der Waals surface area (Å²) < 4.78 is 2.10. The Morgan fingerprint density at radius 2 is 2.17 bits per heavy atom. The fourth-order valence-electron chi connectivity index (χ4n) is 3.06. The molecule has 6 nitrogen and oxygen atoms in total. The van der Waals surface area contributed by atoms with Gasteiger partial charge in [0, 0.05) is 38.1 Å². The Bertz CT molecular complexity index is 553. The van der Waals surface area contributed by atoms with Crippen LogP contribution in [-0.4, -0.2) is 46.6 Å². The van der Waals surface area contributed by atoms with Crippen LogP contribution >= 0.6 is 0 Å². The lowest BCUT2D eigenvalue weighted by Crippen LogP contribution is -2.61. The highest BCUT2D eigenvalue weighted by atomic mass is 16.2. The molecule has 3 amide bonds. The maximum absolute atomic E-state index is 12.5. The van der Waals surface area contributed by atoms with Crippen LogP contribution in [0.2, 0.25) is 0 Å². The predicted octanol–water partition coefficient (Wildman–Crippen LogP) is 1.51. The maximum atomic E-state index is 12.5. The SMILES string of the molecule is CC(C)[C@H]1C(=O)NCCN1C(=O)N[C@@H](C)CCc1cccn1C. The van der Waals surface area contributed by atoms with Crippen molar-refractivity contribution in [1.29, 1.82) is 0 Å². The number of nitrogens with one attached hydrogen (secondary N) is 2. The van der Waals surface area contributed by atoms with E-state index in [0.29, 0.717) is 13.1 Å². The number of nitrogens with zero attached hydrogens (tertiary/aromatic N) is 2. The lowest BCUT2D eigenvalue weighted by molar-refractivity contribution is -0.129. The molecule has 0 bridgehead atoms. The number of carbonyl (C=O) groups is 2. The highest BCUT2D eigenvalue weighted by molar-refractivity contribution is 5.88. The standard InChI is InChI=1S/C17H28N4O2/c1-12(2)15-16(22)18-9-11-21(15)17(23)19-13(3)7-8-14-6-5-10-20(14)4/h5-6,10,12-13,15H,7-9,11H2,1-4H3,(H,18,22)(H,19,23)/t13-,15-/m0/s1. The number of aryl methyl sites for hydroxylation is 2. The zero-order valence-electron chi connectivity index (χ0n) is 14.5. The van der Waals surface area contributed by atoms with Crippen LogP contribution in [0.1, 0.15) is 32.9 Å². The number of piperazine rings is 1. The lowest BCUT2D eigenvalue weighted by atomic mass is 10.00. The molecule has 0 spiro atoms. The van der Waals surface area contributed by atoms with E-state index in [0.717, 1.165) is 12.8 Å². The van der Waals surface area contributed by atoms with Gasteiger partial charge in [-0.1, -0.05) is 13.8 Å². The van der Waals surface area contributed by atoms with Gasteiger partial charge in [-0.05, 0) is 37.8 Å². The number of aromatic nitrogens is 1. The van der Waals surface area contributed by atoms with Gasteiger partial charge in [-0.25, -0.2) is 4.79 Å². The van der Waals surface area contributed by atoms with E-state index >= 15 is 0 Å². The first kappa shape index (κ1) is 17.4. The summed E-state index contributed by atoms with van der Waals surface area (Å²) in [5.74, 6) is 0.0394. The average Bonchev–Trinajstić information content (AvgIpc) is 2.89. The molecule has 1 aliphatic rings. The maximum Gasteiger partial charge on any atom is 0.318 e. The van der Waals surface area contributed by atoms with Gasteiger partial charge in [0.25, 0.3) is 0 Å². The topological polar surface area (TPSA) is 66.4 Å². The fourth-order valence-corrected chi connectivity index (χ4v) is 3.06. The van der Waals surface area contributed by atoms with Gasteiger partial charge in [-0.3, -0.25) is 4.79 Å². The summed E-state index contributed by atoms with van der Waals surface area (Å²) >= 11 is 0. The number of amides is 3. The molecular formula is C17H28N4O2. The number of carbonyl (C=O) groups excluding carboxylic acids is 2. The van der Waals surface area contributed by atoms with E-state index in [1.165, 1.54) is 5.69 Å². The molecule has 2 atom stereocenters. The van der Waals surface area contributed by atoms with E-state index in [1.54, 1.807) is 4.90 Å². The van der Waals surface area contributed by atoms with Crippen LogP contribution in [0.3, 0.4) is 0 Å². The van der Waals surface area contributed by atoms with Crippen molar-refractivity contribution in [3.63, 3.8) is 0 Å². The smallest absolute Gasteiger partial charge is 0.318 e. The van der Waals surface area contributed by atoms with Crippen LogP contribution in [0.25, 0.3) is 0 Å². The van der Waals surface area contributed by atoms with Crippen molar-refractivity contribution >= 4 is 11.9 Å². The minimum absolute atomic E-state index is 0.0575. The van der Waals surface area contributed by atoms with Gasteiger partial charge in [0.05, 0.1) is 0 Å². The van der Waals surface area contributed by atoms with Crippen molar-refractivity contribution in [3.05, 3.63) is 24.0 Å². The Labute approximate surface area is 138 Å². The van der Waals surface area contributed by atoms with E-state index in [9.17, 15) is 9.59 Å². The van der Waals surface area contributed by atoms with Crippen LogP contribution < -0.4 is 10.6 Å². The zero-order valence-corrected chi connectivity index (χ0v) is 14.5. The summed E-state index contributed by atoms with van der Waals surface area (Å²) in [5, 5.41) is 5.87. The summed E-state index contributed by atoms with van der Waals surface area (Å²) in [6.45, 7) is 7.02. The van der Waals surface area contributed by atoms with Gasteiger partial charge in [-0.2, -0.15) is 0 Å². The van der Waals surface area contributed by atoms with Gasteiger partial charge >= 0.3 is 6.03 Å². The molecule has 23 heavy (non-hydrogen) atoms. The van der Waals surface area contributed by atoms with E-state index in [-0.39, 0.29) is 29.9 Å². The third-order valence-electron chi connectivity index (χ3n) is 4.40. The van der Waals surface area contributed by atoms with Crippen molar-refractivity contribution in [2.24, 2.45) is 13.0 Å². The minimum Gasteiger partial charge on any atom is -0.354 e. The van der Waals surface area contributed by atoms with Gasteiger partial charge in [0.2, 0.25) is 5.91 Å². The van der Waals surface area contributed by atoms with Gasteiger partial charge in [0.15, 0.2) is 0 Å². The summed E-state index contributed by atoms with van der Waals surface area (Å²) in [7, 11) is 2.03. The van der Waals surface area contributed by atoms with Crippen molar-refractivity contribution in [3.8, 4) is 0 Å². The minimum atomic E-state index is -0.385. The second kappa shape index (κ2) is 7.53. The van der Waals surface area contributed by atoms with Crippen molar-refractivity contribution in [2.75, 3.05) is 13.1 Å². The molecule has 0 radical (unpaired) electrons. The molecular weight excluding hydrogens is 292 g/mol. The van der Waals surface area contributed by atoms with Gasteiger partial charge in [0.1, 0.15) is 6.04 Å². The molecule has 1 aliphatic heterocycles. The molecule has 1 aromatic rings. The molecule has 1 fully saturated rings. The molecule has 6 heteroatoms. The summed E-state index contributed by atoms with van der Waals surface area (Å²) in [4.78, 5) is 26.2. The lowest BCUT2D eigenvalue weighted by Gasteiger charge is -2.37. The first-order chi connectivity index (χ1) is 10.9. The largest absolute Gasteiger partial charge is 0.354 e.